The molecule has 0 aliphatic heterocycles. The Kier molecular flexibility index (Phi) is 4.04. The molecule has 0 spiro atoms. The molecule has 1 atom stereocenters. The summed E-state index contributed by atoms with van der Waals surface area (Å²) in [5.74, 6) is 0.218. The molecule has 0 saturated carbocycles. The highest BCUT2D eigenvalue weighted by Crippen LogP contribution is 2.22. The monoisotopic (exact) mass is 218 g/mol. The van der Waals surface area contributed by atoms with Crippen molar-refractivity contribution in [1.29, 1.82) is 0 Å². The Labute approximate surface area is 88.3 Å². The molecule has 0 saturated heterocycles. The molecular weight excluding hydrogens is 207 g/mol. The van der Waals surface area contributed by atoms with E-state index in [0.29, 0.717) is 10.0 Å². The van der Waals surface area contributed by atoms with Crippen molar-refractivity contribution < 1.29 is 5.11 Å². The topological polar surface area (TPSA) is 20.2 Å². The lowest BCUT2D eigenvalue weighted by molar-refractivity contribution is 0.237. The molecule has 1 rings (SSSR count). The Morgan fingerprint density at radius 3 is 2.69 bits per heavy atom. The summed E-state index contributed by atoms with van der Waals surface area (Å²) in [6.45, 7) is 2.14. The fourth-order valence-corrected chi connectivity index (χ4v) is 1.53. The number of aliphatic hydroxyl groups excluding tert-OH is 1. The van der Waals surface area contributed by atoms with E-state index in [-0.39, 0.29) is 12.5 Å². The summed E-state index contributed by atoms with van der Waals surface area (Å²) in [5.41, 5.74) is 0.996. The van der Waals surface area contributed by atoms with Gasteiger partial charge in [-0.05, 0) is 36.1 Å². The van der Waals surface area contributed by atoms with Crippen molar-refractivity contribution >= 4 is 23.2 Å². The van der Waals surface area contributed by atoms with Gasteiger partial charge in [0.1, 0.15) is 0 Å². The summed E-state index contributed by atoms with van der Waals surface area (Å²) in [6, 6.07) is 5.39. The standard InChI is InChI=1S/C10H12Cl2O/c1-7(6-13)4-8-5-9(11)2-3-10(8)12/h2-3,5,7,13H,4,6H2,1H3. The maximum atomic E-state index is 8.88. The highest BCUT2D eigenvalue weighted by Gasteiger charge is 2.06. The second-order valence-corrected chi connectivity index (χ2v) is 4.07. The van der Waals surface area contributed by atoms with E-state index in [2.05, 4.69) is 0 Å². The van der Waals surface area contributed by atoms with Gasteiger partial charge in [0.2, 0.25) is 0 Å². The fraction of sp³-hybridized carbons (Fsp3) is 0.400. The van der Waals surface area contributed by atoms with Crippen molar-refractivity contribution in [2.45, 2.75) is 13.3 Å². The van der Waals surface area contributed by atoms with Gasteiger partial charge in [-0.2, -0.15) is 0 Å². The highest BCUT2D eigenvalue weighted by atomic mass is 35.5. The predicted molar refractivity (Wildman–Crippen MR) is 56.4 cm³/mol. The largest absolute Gasteiger partial charge is 0.396 e. The van der Waals surface area contributed by atoms with Crippen LogP contribution in [0.4, 0.5) is 0 Å². The molecule has 0 bridgehead atoms. The average Bonchev–Trinajstić information content (AvgIpc) is 2.11. The minimum atomic E-state index is 0.169. The van der Waals surface area contributed by atoms with E-state index >= 15 is 0 Å². The minimum absolute atomic E-state index is 0.169. The maximum absolute atomic E-state index is 8.88. The summed E-state index contributed by atoms with van der Waals surface area (Å²) in [7, 11) is 0. The van der Waals surface area contributed by atoms with Gasteiger partial charge >= 0.3 is 0 Å². The van der Waals surface area contributed by atoms with E-state index in [1.54, 1.807) is 12.1 Å². The van der Waals surface area contributed by atoms with E-state index < -0.39 is 0 Å². The summed E-state index contributed by atoms with van der Waals surface area (Å²) < 4.78 is 0. The van der Waals surface area contributed by atoms with E-state index in [1.807, 2.05) is 13.0 Å². The van der Waals surface area contributed by atoms with Gasteiger partial charge in [-0.3, -0.25) is 0 Å². The second kappa shape index (κ2) is 4.85. The summed E-state index contributed by atoms with van der Waals surface area (Å²) >= 11 is 11.8. The zero-order chi connectivity index (χ0) is 9.84. The first kappa shape index (κ1) is 10.8. The molecular formula is C10H12Cl2O. The molecule has 3 heteroatoms. The van der Waals surface area contributed by atoms with Gasteiger partial charge in [0.25, 0.3) is 0 Å². The molecule has 0 amide bonds. The van der Waals surface area contributed by atoms with E-state index in [1.165, 1.54) is 0 Å². The second-order valence-electron chi connectivity index (χ2n) is 3.23. The normalized spacial score (nSPS) is 12.9. The van der Waals surface area contributed by atoms with Gasteiger partial charge in [0, 0.05) is 16.7 Å². The van der Waals surface area contributed by atoms with Gasteiger partial charge < -0.3 is 5.11 Å². The molecule has 1 nitrogen and oxygen atoms in total. The Balaban J connectivity index is 2.81. The van der Waals surface area contributed by atoms with Crippen molar-refractivity contribution in [2.24, 2.45) is 5.92 Å². The molecule has 0 aliphatic rings. The molecule has 0 heterocycles. The molecule has 0 fully saturated rings. The van der Waals surface area contributed by atoms with Crippen molar-refractivity contribution in [3.8, 4) is 0 Å². The lowest BCUT2D eigenvalue weighted by Gasteiger charge is -2.09. The summed E-state index contributed by atoms with van der Waals surface area (Å²) in [6.07, 6.45) is 0.760. The molecule has 13 heavy (non-hydrogen) atoms. The van der Waals surface area contributed by atoms with Crippen LogP contribution in [0.15, 0.2) is 18.2 Å². The van der Waals surface area contributed by atoms with E-state index in [0.717, 1.165) is 12.0 Å². The highest BCUT2D eigenvalue weighted by molar-refractivity contribution is 6.33. The van der Waals surface area contributed by atoms with E-state index in [9.17, 15) is 0 Å². The first-order valence-electron chi connectivity index (χ1n) is 4.18. The van der Waals surface area contributed by atoms with Crippen LogP contribution in [-0.4, -0.2) is 11.7 Å². The Bertz CT molecular complexity index is 286. The maximum Gasteiger partial charge on any atom is 0.0459 e. The Morgan fingerprint density at radius 2 is 2.08 bits per heavy atom. The molecule has 1 N–H and O–H groups in total. The fourth-order valence-electron chi connectivity index (χ4n) is 1.14. The number of aliphatic hydroxyl groups is 1. The van der Waals surface area contributed by atoms with Gasteiger partial charge in [-0.1, -0.05) is 30.1 Å². The Hall–Kier alpha value is -0.240. The predicted octanol–water partition coefficient (Wildman–Crippen LogP) is 3.16. The van der Waals surface area contributed by atoms with Crippen molar-refractivity contribution in [3.05, 3.63) is 33.8 Å². The van der Waals surface area contributed by atoms with Crippen LogP contribution in [0.1, 0.15) is 12.5 Å². The third-order valence-electron chi connectivity index (χ3n) is 1.89. The van der Waals surface area contributed by atoms with Gasteiger partial charge in [-0.15, -0.1) is 0 Å². The molecule has 0 aliphatic carbocycles. The molecule has 1 aromatic rings. The number of hydrogen-bond acceptors (Lipinski definition) is 1. The zero-order valence-electron chi connectivity index (χ0n) is 7.43. The van der Waals surface area contributed by atoms with Crippen LogP contribution in [0.25, 0.3) is 0 Å². The molecule has 1 aromatic carbocycles. The SMILES string of the molecule is CC(CO)Cc1cc(Cl)ccc1Cl. The number of rotatable bonds is 3. The first-order valence-corrected chi connectivity index (χ1v) is 4.94. The van der Waals surface area contributed by atoms with Crippen LogP contribution < -0.4 is 0 Å². The molecule has 0 aromatic heterocycles. The third kappa shape index (κ3) is 3.18. The molecule has 0 radical (unpaired) electrons. The number of benzene rings is 1. The van der Waals surface area contributed by atoms with Crippen LogP contribution in [0, 0.1) is 5.92 Å². The molecule has 72 valence electrons. The summed E-state index contributed by atoms with van der Waals surface area (Å²) in [4.78, 5) is 0. The summed E-state index contributed by atoms with van der Waals surface area (Å²) in [5, 5.41) is 10.3. The van der Waals surface area contributed by atoms with Gasteiger partial charge in [0.15, 0.2) is 0 Å². The van der Waals surface area contributed by atoms with Gasteiger partial charge in [0.05, 0.1) is 0 Å². The zero-order valence-corrected chi connectivity index (χ0v) is 8.94. The van der Waals surface area contributed by atoms with Crippen molar-refractivity contribution in [1.82, 2.24) is 0 Å². The first-order chi connectivity index (χ1) is 6.13. The van der Waals surface area contributed by atoms with Crippen LogP contribution in [-0.2, 0) is 6.42 Å². The smallest absolute Gasteiger partial charge is 0.0459 e. The molecule has 1 unspecified atom stereocenters. The number of hydrogen-bond donors (Lipinski definition) is 1. The van der Waals surface area contributed by atoms with Crippen LogP contribution in [0.2, 0.25) is 10.0 Å². The lowest BCUT2D eigenvalue weighted by atomic mass is 10.0. The van der Waals surface area contributed by atoms with Gasteiger partial charge in [-0.25, -0.2) is 0 Å². The third-order valence-corrected chi connectivity index (χ3v) is 2.49. The average molecular weight is 219 g/mol. The minimum Gasteiger partial charge on any atom is -0.396 e. The van der Waals surface area contributed by atoms with Crippen LogP contribution in [0.5, 0.6) is 0 Å². The van der Waals surface area contributed by atoms with E-state index in [4.69, 9.17) is 28.3 Å². The van der Waals surface area contributed by atoms with Crippen molar-refractivity contribution in [3.63, 3.8) is 0 Å². The van der Waals surface area contributed by atoms with Crippen LogP contribution >= 0.6 is 23.2 Å². The van der Waals surface area contributed by atoms with Crippen molar-refractivity contribution in [2.75, 3.05) is 6.61 Å². The number of halogens is 2. The van der Waals surface area contributed by atoms with Crippen LogP contribution in [0.3, 0.4) is 0 Å². The quantitative estimate of drug-likeness (QED) is 0.827. The lowest BCUT2D eigenvalue weighted by Crippen LogP contribution is -2.04. The Morgan fingerprint density at radius 1 is 1.38 bits per heavy atom.